The van der Waals surface area contributed by atoms with Crippen molar-refractivity contribution < 1.29 is 31.1 Å². The molecular formula is C12H6F6N2O. The van der Waals surface area contributed by atoms with Crippen LogP contribution >= 0.6 is 0 Å². The Bertz CT molecular complexity index is 642. The third kappa shape index (κ3) is 3.06. The number of alkyl halides is 6. The summed E-state index contributed by atoms with van der Waals surface area (Å²) in [7, 11) is 0. The second-order valence-corrected chi connectivity index (χ2v) is 4.01. The van der Waals surface area contributed by atoms with Crippen LogP contribution in [0.25, 0.3) is 0 Å². The molecule has 1 heterocycles. The van der Waals surface area contributed by atoms with Crippen LogP contribution in [0.15, 0.2) is 40.5 Å². The fourth-order valence-corrected chi connectivity index (χ4v) is 1.64. The highest BCUT2D eigenvalue weighted by molar-refractivity contribution is 6.17. The third-order valence-corrected chi connectivity index (χ3v) is 2.55. The Morgan fingerprint density at radius 2 is 1.67 bits per heavy atom. The molecule has 112 valence electrons. The molecule has 1 N–H and O–H groups in total. The number of halogens is 6. The number of aliphatic imine (C=N–C) groups is 1. The van der Waals surface area contributed by atoms with Gasteiger partial charge in [-0.15, -0.1) is 0 Å². The summed E-state index contributed by atoms with van der Waals surface area (Å²) in [6, 6.07) is 5.33. The van der Waals surface area contributed by atoms with Crippen molar-refractivity contribution in [3.05, 3.63) is 35.5 Å². The standard InChI is InChI=1S/C12H6F6N2O/c13-11(14,15)9-6(10(21)12(16,17)18)5-19-7-3-1-2-4-8(7)20-9/h1-5,20H. The summed E-state index contributed by atoms with van der Waals surface area (Å²) in [6.45, 7) is 0. The molecule has 1 aliphatic rings. The van der Waals surface area contributed by atoms with E-state index in [1.165, 1.54) is 24.3 Å². The first kappa shape index (κ1) is 15.1. The average Bonchev–Trinajstić information content (AvgIpc) is 2.55. The quantitative estimate of drug-likeness (QED) is 0.803. The first-order valence-corrected chi connectivity index (χ1v) is 5.44. The summed E-state index contributed by atoms with van der Waals surface area (Å²) >= 11 is 0. The summed E-state index contributed by atoms with van der Waals surface area (Å²) in [5.41, 5.74) is -3.53. The lowest BCUT2D eigenvalue weighted by Crippen LogP contribution is -2.31. The number of nitrogens with zero attached hydrogens (tertiary/aromatic N) is 1. The number of allylic oxidation sites excluding steroid dienone is 2. The predicted molar refractivity (Wildman–Crippen MR) is 62.4 cm³/mol. The van der Waals surface area contributed by atoms with E-state index in [0.29, 0.717) is 0 Å². The number of rotatable bonds is 1. The number of carbonyl (C=O) groups is 1. The van der Waals surface area contributed by atoms with E-state index in [2.05, 4.69) is 4.99 Å². The highest BCUT2D eigenvalue weighted by atomic mass is 19.4. The van der Waals surface area contributed by atoms with Gasteiger partial charge in [-0.1, -0.05) is 12.1 Å². The van der Waals surface area contributed by atoms with Crippen molar-refractivity contribution in [2.75, 3.05) is 5.32 Å². The maximum absolute atomic E-state index is 12.9. The van der Waals surface area contributed by atoms with Crippen LogP contribution < -0.4 is 5.32 Å². The second kappa shape index (κ2) is 4.90. The molecule has 9 heteroatoms. The van der Waals surface area contributed by atoms with Gasteiger partial charge < -0.3 is 5.32 Å². The van der Waals surface area contributed by atoms with Gasteiger partial charge in [0, 0.05) is 6.21 Å². The lowest BCUT2D eigenvalue weighted by molar-refractivity contribution is -0.166. The van der Waals surface area contributed by atoms with E-state index in [1.807, 2.05) is 5.32 Å². The Hall–Kier alpha value is -2.32. The second-order valence-electron chi connectivity index (χ2n) is 4.01. The van der Waals surface area contributed by atoms with Gasteiger partial charge in [0.25, 0.3) is 5.78 Å². The molecule has 3 nitrogen and oxygen atoms in total. The van der Waals surface area contributed by atoms with Crippen molar-refractivity contribution in [2.45, 2.75) is 12.4 Å². The van der Waals surface area contributed by atoms with Crippen LogP contribution in [-0.2, 0) is 4.79 Å². The van der Waals surface area contributed by atoms with Crippen molar-refractivity contribution >= 4 is 23.4 Å². The van der Waals surface area contributed by atoms with E-state index in [9.17, 15) is 31.1 Å². The Labute approximate surface area is 114 Å². The van der Waals surface area contributed by atoms with Gasteiger partial charge in [-0.05, 0) is 12.1 Å². The van der Waals surface area contributed by atoms with Crippen molar-refractivity contribution in [3.8, 4) is 0 Å². The molecule has 2 rings (SSSR count). The molecular weight excluding hydrogens is 302 g/mol. The maximum Gasteiger partial charge on any atom is 0.455 e. The number of nitrogens with one attached hydrogen (secondary N) is 1. The molecule has 0 fully saturated rings. The molecule has 0 unspecified atom stereocenters. The minimum Gasteiger partial charge on any atom is -0.349 e. The lowest BCUT2D eigenvalue weighted by Gasteiger charge is -2.16. The molecule has 0 saturated heterocycles. The van der Waals surface area contributed by atoms with Crippen molar-refractivity contribution in [2.24, 2.45) is 4.99 Å². The average molecular weight is 308 g/mol. The Balaban J connectivity index is 2.62. The number of benzene rings is 1. The Morgan fingerprint density at radius 1 is 1.05 bits per heavy atom. The Kier molecular flexibility index (Phi) is 3.52. The third-order valence-electron chi connectivity index (χ3n) is 2.55. The lowest BCUT2D eigenvalue weighted by atomic mass is 10.1. The van der Waals surface area contributed by atoms with Crippen LogP contribution in [0.5, 0.6) is 0 Å². The zero-order chi connectivity index (χ0) is 15.8. The zero-order valence-electron chi connectivity index (χ0n) is 10.0. The summed E-state index contributed by atoms with van der Waals surface area (Å²) < 4.78 is 76.0. The monoisotopic (exact) mass is 308 g/mol. The number of Topliss-reactive ketones (excluding diaryl/α,β-unsaturated/α-hetero) is 1. The van der Waals surface area contributed by atoms with E-state index in [-0.39, 0.29) is 17.6 Å². The topological polar surface area (TPSA) is 41.5 Å². The molecule has 0 atom stereocenters. The van der Waals surface area contributed by atoms with Crippen LogP contribution in [0.3, 0.4) is 0 Å². The van der Waals surface area contributed by atoms with Gasteiger partial charge >= 0.3 is 12.4 Å². The minimum absolute atomic E-state index is 0.00998. The van der Waals surface area contributed by atoms with Crippen LogP contribution in [0, 0.1) is 0 Å². The minimum atomic E-state index is -5.43. The number of anilines is 1. The molecule has 0 saturated carbocycles. The normalized spacial score (nSPS) is 15.3. The molecule has 1 aromatic carbocycles. The van der Waals surface area contributed by atoms with Gasteiger partial charge in [0.05, 0.1) is 16.9 Å². The molecule has 0 aromatic heterocycles. The molecule has 1 aliphatic heterocycles. The van der Waals surface area contributed by atoms with E-state index in [4.69, 9.17) is 0 Å². The molecule has 0 amide bonds. The van der Waals surface area contributed by atoms with Gasteiger partial charge in [0.1, 0.15) is 5.70 Å². The van der Waals surface area contributed by atoms with Gasteiger partial charge in [-0.25, -0.2) is 0 Å². The molecule has 0 aliphatic carbocycles. The zero-order valence-corrected chi connectivity index (χ0v) is 10.0. The molecule has 0 bridgehead atoms. The summed E-state index contributed by atoms with van der Waals surface area (Å²) in [5.74, 6) is -2.61. The molecule has 21 heavy (non-hydrogen) atoms. The SMILES string of the molecule is O=C(C1=C(C(F)(F)F)Nc2ccccc2N=C1)C(F)(F)F. The fraction of sp³-hybridized carbons (Fsp3) is 0.167. The van der Waals surface area contributed by atoms with Gasteiger partial charge in [0.2, 0.25) is 0 Å². The van der Waals surface area contributed by atoms with Crippen LogP contribution in [-0.4, -0.2) is 24.4 Å². The summed E-state index contributed by atoms with van der Waals surface area (Å²) in [4.78, 5) is 14.7. The van der Waals surface area contributed by atoms with Crippen LogP contribution in [0.2, 0.25) is 0 Å². The number of para-hydroxylation sites is 2. The maximum atomic E-state index is 12.9. The molecule has 0 spiro atoms. The van der Waals surface area contributed by atoms with Crippen LogP contribution in [0.4, 0.5) is 37.7 Å². The number of hydrogen-bond acceptors (Lipinski definition) is 3. The number of carbonyl (C=O) groups excluding carboxylic acids is 1. The van der Waals surface area contributed by atoms with Crippen molar-refractivity contribution in [1.82, 2.24) is 0 Å². The fourth-order valence-electron chi connectivity index (χ4n) is 1.64. The predicted octanol–water partition coefficient (Wildman–Crippen LogP) is 3.76. The van der Waals surface area contributed by atoms with E-state index in [0.717, 1.165) is 0 Å². The van der Waals surface area contributed by atoms with E-state index >= 15 is 0 Å². The van der Waals surface area contributed by atoms with E-state index < -0.39 is 29.4 Å². The smallest absolute Gasteiger partial charge is 0.349 e. The van der Waals surface area contributed by atoms with Crippen molar-refractivity contribution in [1.29, 1.82) is 0 Å². The van der Waals surface area contributed by atoms with Gasteiger partial charge in [-0.2, -0.15) is 26.3 Å². The summed E-state index contributed by atoms with van der Waals surface area (Å²) in [5, 5.41) is 1.81. The highest BCUT2D eigenvalue weighted by Crippen LogP contribution is 2.37. The molecule has 1 aromatic rings. The van der Waals surface area contributed by atoms with Gasteiger partial charge in [-0.3, -0.25) is 9.79 Å². The van der Waals surface area contributed by atoms with E-state index in [1.54, 1.807) is 0 Å². The Morgan fingerprint density at radius 3 is 2.24 bits per heavy atom. The van der Waals surface area contributed by atoms with Crippen LogP contribution in [0.1, 0.15) is 0 Å². The first-order valence-electron chi connectivity index (χ1n) is 5.44. The number of hydrogen-bond donors (Lipinski definition) is 1. The number of ketones is 1. The summed E-state index contributed by atoms with van der Waals surface area (Å²) in [6.07, 6.45) is -10.3. The highest BCUT2D eigenvalue weighted by Gasteiger charge is 2.46. The first-order chi connectivity index (χ1) is 9.60. The van der Waals surface area contributed by atoms with Crippen molar-refractivity contribution in [3.63, 3.8) is 0 Å². The van der Waals surface area contributed by atoms with Gasteiger partial charge in [0.15, 0.2) is 0 Å². The number of fused-ring (bicyclic) bond motifs is 1. The largest absolute Gasteiger partial charge is 0.455 e. The molecule has 0 radical (unpaired) electrons.